The number of rotatable bonds is 9. The molecular formula is C30H22N4O7. The highest BCUT2D eigenvalue weighted by Gasteiger charge is 2.16. The lowest BCUT2D eigenvalue weighted by molar-refractivity contribution is -0.384. The molecule has 0 spiro atoms. The average molecular weight is 551 g/mol. The molecule has 4 aromatic rings. The van der Waals surface area contributed by atoms with Gasteiger partial charge in [-0.1, -0.05) is 48.5 Å². The second kappa shape index (κ2) is 13.1. The van der Waals surface area contributed by atoms with Crippen molar-refractivity contribution in [2.75, 3.05) is 0 Å². The molecule has 0 radical (unpaired) electrons. The number of benzene rings is 4. The van der Waals surface area contributed by atoms with E-state index >= 15 is 0 Å². The van der Waals surface area contributed by atoms with Crippen LogP contribution in [0.2, 0.25) is 0 Å². The predicted octanol–water partition coefficient (Wildman–Crippen LogP) is 4.44. The number of para-hydroxylation sites is 2. The fourth-order valence-corrected chi connectivity index (χ4v) is 3.49. The van der Waals surface area contributed by atoms with Crippen molar-refractivity contribution in [1.29, 1.82) is 0 Å². The van der Waals surface area contributed by atoms with Crippen molar-refractivity contribution in [3.63, 3.8) is 0 Å². The molecule has 41 heavy (non-hydrogen) atoms. The van der Waals surface area contributed by atoms with E-state index in [0.717, 1.165) is 0 Å². The molecule has 204 valence electrons. The summed E-state index contributed by atoms with van der Waals surface area (Å²) in [5.41, 5.74) is 3.01. The molecule has 0 unspecified atom stereocenters. The van der Waals surface area contributed by atoms with Crippen molar-refractivity contribution in [2.45, 2.75) is 0 Å². The molecule has 11 nitrogen and oxygen atoms in total. The minimum atomic E-state index is -0.783. The Bertz CT molecular complexity index is 1650. The molecule has 0 fully saturated rings. The maximum Gasteiger partial charge on any atom is 0.343 e. The van der Waals surface area contributed by atoms with Gasteiger partial charge in [-0.25, -0.2) is 10.2 Å². The van der Waals surface area contributed by atoms with Crippen molar-refractivity contribution in [1.82, 2.24) is 10.7 Å². The lowest BCUT2D eigenvalue weighted by Crippen LogP contribution is -2.32. The molecule has 4 aromatic carbocycles. The number of nitrogens with zero attached hydrogens (tertiary/aromatic N) is 2. The molecule has 0 atom stereocenters. The fraction of sp³-hybridized carbons (Fsp3) is 0. The average Bonchev–Trinajstić information content (AvgIpc) is 2.99. The third-order valence-electron chi connectivity index (χ3n) is 5.57. The van der Waals surface area contributed by atoms with E-state index in [1.165, 1.54) is 48.7 Å². The first kappa shape index (κ1) is 27.9. The Kier molecular flexibility index (Phi) is 8.93. The topological polar surface area (TPSA) is 160 Å². The van der Waals surface area contributed by atoms with Crippen LogP contribution in [-0.2, 0) is 4.79 Å². The Morgan fingerprint density at radius 1 is 0.805 bits per heavy atom. The number of phenolic OH excluding ortho intramolecular Hbond substituents is 1. The number of non-ortho nitro benzene ring substituents is 1. The van der Waals surface area contributed by atoms with Crippen LogP contribution < -0.4 is 15.5 Å². The molecule has 0 saturated heterocycles. The summed E-state index contributed by atoms with van der Waals surface area (Å²) in [6.45, 7) is 0. The van der Waals surface area contributed by atoms with Crippen LogP contribution in [0.4, 0.5) is 5.69 Å². The minimum Gasteiger partial charge on any atom is -0.507 e. The number of carbonyl (C=O) groups is 3. The summed E-state index contributed by atoms with van der Waals surface area (Å²) in [5.74, 6) is -2.06. The number of nitro groups is 1. The molecular weight excluding hydrogens is 528 g/mol. The fourth-order valence-electron chi connectivity index (χ4n) is 3.49. The molecule has 3 N–H and O–H groups in total. The summed E-state index contributed by atoms with van der Waals surface area (Å²) < 4.78 is 5.42. The highest BCUT2D eigenvalue weighted by atomic mass is 16.6. The lowest BCUT2D eigenvalue weighted by Gasteiger charge is -2.10. The number of amides is 2. The van der Waals surface area contributed by atoms with Gasteiger partial charge in [0, 0.05) is 28.8 Å². The van der Waals surface area contributed by atoms with Gasteiger partial charge in [-0.05, 0) is 48.5 Å². The van der Waals surface area contributed by atoms with Gasteiger partial charge >= 0.3 is 5.97 Å². The summed E-state index contributed by atoms with van der Waals surface area (Å²) in [6.07, 6.45) is 2.55. The summed E-state index contributed by atoms with van der Waals surface area (Å²) in [7, 11) is 0. The first-order valence-corrected chi connectivity index (χ1v) is 12.1. The highest BCUT2D eigenvalue weighted by molar-refractivity contribution is 6.05. The van der Waals surface area contributed by atoms with Crippen LogP contribution in [0.3, 0.4) is 0 Å². The van der Waals surface area contributed by atoms with Gasteiger partial charge in [0.2, 0.25) is 0 Å². The quantitative estimate of drug-likeness (QED) is 0.0693. The number of nitrogens with one attached hydrogen (secondary N) is 2. The van der Waals surface area contributed by atoms with Crippen molar-refractivity contribution in [2.24, 2.45) is 5.10 Å². The Morgan fingerprint density at radius 2 is 1.44 bits per heavy atom. The smallest absolute Gasteiger partial charge is 0.343 e. The van der Waals surface area contributed by atoms with Crippen molar-refractivity contribution in [3.05, 3.63) is 141 Å². The van der Waals surface area contributed by atoms with E-state index in [9.17, 15) is 29.6 Å². The second-order valence-corrected chi connectivity index (χ2v) is 8.37. The van der Waals surface area contributed by atoms with Crippen molar-refractivity contribution in [3.8, 4) is 11.5 Å². The molecule has 0 aliphatic carbocycles. The maximum absolute atomic E-state index is 13.0. The van der Waals surface area contributed by atoms with E-state index in [0.29, 0.717) is 16.7 Å². The number of esters is 1. The number of hydrogen-bond donors (Lipinski definition) is 3. The van der Waals surface area contributed by atoms with Crippen LogP contribution in [-0.4, -0.2) is 34.0 Å². The van der Waals surface area contributed by atoms with Gasteiger partial charge in [0.1, 0.15) is 17.2 Å². The maximum atomic E-state index is 13.0. The van der Waals surface area contributed by atoms with Crippen LogP contribution in [0.1, 0.15) is 31.8 Å². The number of phenols is 1. The lowest BCUT2D eigenvalue weighted by atomic mass is 10.1. The van der Waals surface area contributed by atoms with Gasteiger partial charge in [0.05, 0.1) is 16.7 Å². The van der Waals surface area contributed by atoms with E-state index in [-0.39, 0.29) is 28.4 Å². The van der Waals surface area contributed by atoms with Crippen molar-refractivity contribution < 1.29 is 29.2 Å². The number of ether oxygens (including phenoxy) is 1. The molecule has 11 heteroatoms. The van der Waals surface area contributed by atoms with Crippen LogP contribution in [0, 0.1) is 10.1 Å². The molecule has 4 rings (SSSR count). The zero-order valence-corrected chi connectivity index (χ0v) is 21.3. The zero-order chi connectivity index (χ0) is 29.2. The standard InChI is InChI=1S/C30H22N4O7/c35-26-12-6-4-10-22(26)18-25(32-28(36)20-8-2-1-3-9-20)29(37)33-31-19-23-11-5-7-13-27(23)41-30(38)21-14-16-24(17-15-21)34(39)40/h1-19,35H,(H,32,36)(H,33,37). The Balaban J connectivity index is 1.50. The van der Waals surface area contributed by atoms with Crippen LogP contribution >= 0.6 is 0 Å². The van der Waals surface area contributed by atoms with Crippen LogP contribution in [0.15, 0.2) is 114 Å². The van der Waals surface area contributed by atoms with E-state index in [2.05, 4.69) is 15.8 Å². The normalized spacial score (nSPS) is 11.1. The third kappa shape index (κ3) is 7.48. The van der Waals surface area contributed by atoms with Gasteiger partial charge in [0.15, 0.2) is 0 Å². The zero-order valence-electron chi connectivity index (χ0n) is 21.3. The summed E-state index contributed by atoms with van der Waals surface area (Å²) in [6, 6.07) is 25.9. The van der Waals surface area contributed by atoms with E-state index < -0.39 is 22.7 Å². The van der Waals surface area contributed by atoms with E-state index in [4.69, 9.17) is 4.74 Å². The molecule has 2 amide bonds. The molecule has 0 bridgehead atoms. The number of hydrogen-bond acceptors (Lipinski definition) is 8. The van der Waals surface area contributed by atoms with E-state index in [1.54, 1.807) is 66.7 Å². The van der Waals surface area contributed by atoms with Gasteiger partial charge in [-0.15, -0.1) is 0 Å². The molecule has 0 heterocycles. The number of nitro benzene ring substituents is 1. The van der Waals surface area contributed by atoms with Gasteiger partial charge in [-0.3, -0.25) is 19.7 Å². The first-order chi connectivity index (χ1) is 19.8. The first-order valence-electron chi connectivity index (χ1n) is 12.1. The molecule has 0 aliphatic heterocycles. The van der Waals surface area contributed by atoms with Gasteiger partial charge in [-0.2, -0.15) is 5.10 Å². The number of hydrazone groups is 1. The summed E-state index contributed by atoms with van der Waals surface area (Å²) in [4.78, 5) is 48.6. The molecule has 0 aliphatic rings. The monoisotopic (exact) mass is 550 g/mol. The van der Waals surface area contributed by atoms with Gasteiger partial charge < -0.3 is 15.2 Å². The molecule has 0 saturated carbocycles. The Labute approximate surface area is 233 Å². The third-order valence-corrected chi connectivity index (χ3v) is 5.57. The summed E-state index contributed by atoms with van der Waals surface area (Å²) >= 11 is 0. The van der Waals surface area contributed by atoms with Crippen LogP contribution in [0.25, 0.3) is 6.08 Å². The Morgan fingerprint density at radius 3 is 2.12 bits per heavy atom. The minimum absolute atomic E-state index is 0.0981. The predicted molar refractivity (Wildman–Crippen MR) is 150 cm³/mol. The molecule has 0 aromatic heterocycles. The van der Waals surface area contributed by atoms with E-state index in [1.807, 2.05) is 0 Å². The second-order valence-electron chi connectivity index (χ2n) is 8.37. The van der Waals surface area contributed by atoms with Crippen LogP contribution in [0.5, 0.6) is 11.5 Å². The highest BCUT2D eigenvalue weighted by Crippen LogP contribution is 2.20. The Hall–Kier alpha value is -6.10. The van der Waals surface area contributed by atoms with Crippen molar-refractivity contribution >= 4 is 35.8 Å². The SMILES string of the molecule is O=C(NN=Cc1ccccc1OC(=O)c1ccc([N+](=O)[O-])cc1)C(=Cc1ccccc1O)NC(=O)c1ccccc1. The van der Waals surface area contributed by atoms with Gasteiger partial charge in [0.25, 0.3) is 17.5 Å². The number of carbonyl (C=O) groups excluding carboxylic acids is 3. The number of aromatic hydroxyl groups is 1. The summed E-state index contributed by atoms with van der Waals surface area (Å²) in [5, 5.41) is 27.5. The largest absolute Gasteiger partial charge is 0.507 e.